The van der Waals surface area contributed by atoms with E-state index in [9.17, 15) is 19.2 Å². The first-order valence-electron chi connectivity index (χ1n) is 12.2. The quantitative estimate of drug-likeness (QED) is 0.138. The molecule has 2 amide bonds. The minimum absolute atomic E-state index is 0.00697. The predicted molar refractivity (Wildman–Crippen MR) is 155 cm³/mol. The first kappa shape index (κ1) is 30.2. The van der Waals surface area contributed by atoms with Crippen LogP contribution < -0.4 is 11.1 Å². The number of rotatable bonds is 9. The highest BCUT2D eigenvalue weighted by atomic mass is 32.2. The van der Waals surface area contributed by atoms with Gasteiger partial charge in [0.1, 0.15) is 29.9 Å². The van der Waals surface area contributed by atoms with E-state index in [1.165, 1.54) is 35.1 Å². The van der Waals surface area contributed by atoms with Crippen LogP contribution >= 0.6 is 34.4 Å². The molecular formula is C25H28N6O7S3. The Kier molecular flexibility index (Phi) is 9.14. The number of fused-ring (bicyclic) bond motifs is 1. The number of carbonyl (C=O) groups excluding carboxylic acids is 4. The summed E-state index contributed by atoms with van der Waals surface area (Å²) >= 11 is 3.92. The summed E-state index contributed by atoms with van der Waals surface area (Å²) in [5.74, 6) is -2.26. The number of esters is 2. The molecule has 0 bridgehead atoms. The number of ether oxygens (including phenoxy) is 2. The molecule has 218 valence electrons. The van der Waals surface area contributed by atoms with Crippen LogP contribution in [-0.2, 0) is 33.5 Å². The van der Waals surface area contributed by atoms with Crippen molar-refractivity contribution in [2.24, 2.45) is 10.6 Å². The zero-order valence-corrected chi connectivity index (χ0v) is 25.3. The number of nitrogen functional groups attached to an aromatic ring is 1. The van der Waals surface area contributed by atoms with E-state index >= 15 is 0 Å². The summed E-state index contributed by atoms with van der Waals surface area (Å²) in [5, 5.41) is 7.59. The number of hydrogen-bond donors (Lipinski definition) is 2. The van der Waals surface area contributed by atoms with Gasteiger partial charge in [-0.3, -0.25) is 19.3 Å². The highest BCUT2D eigenvalue weighted by Crippen LogP contribution is 2.41. The maximum absolute atomic E-state index is 13.3. The second-order valence-electron chi connectivity index (χ2n) is 9.80. The number of β-lactam (4-membered cyclic amide) rings is 1. The number of thioether (sulfide) groups is 1. The molecule has 0 aliphatic carbocycles. The van der Waals surface area contributed by atoms with Crippen molar-refractivity contribution in [3.8, 4) is 0 Å². The van der Waals surface area contributed by atoms with Gasteiger partial charge in [-0.15, -0.1) is 34.4 Å². The normalized spacial score (nSPS) is 19.1. The third-order valence-corrected chi connectivity index (χ3v) is 8.72. The average Bonchev–Trinajstić information content (AvgIpc) is 3.54. The summed E-state index contributed by atoms with van der Waals surface area (Å²) in [7, 11) is 1.28. The van der Waals surface area contributed by atoms with Crippen LogP contribution in [0.2, 0.25) is 0 Å². The van der Waals surface area contributed by atoms with Crippen LogP contribution in [0.1, 0.15) is 37.0 Å². The molecule has 4 heterocycles. The minimum Gasteiger partial charge on any atom is -0.427 e. The highest BCUT2D eigenvalue weighted by Gasteiger charge is 2.54. The third kappa shape index (κ3) is 6.60. The molecule has 2 aromatic heterocycles. The van der Waals surface area contributed by atoms with E-state index in [2.05, 4.69) is 20.4 Å². The Morgan fingerprint density at radius 1 is 1.24 bits per heavy atom. The Bertz CT molecular complexity index is 1460. The SMILES string of the molecule is CO/N=C(/C(=O)NC1C(=O)N2C(C(=O)OCOC(=O)C(C)(C)C)=C(/C=C/c3scnc3C)CS[C@H]12)c1csc(N)n1. The molecule has 1 saturated heterocycles. The van der Waals surface area contributed by atoms with Crippen LogP contribution in [0, 0.1) is 12.3 Å². The first-order valence-corrected chi connectivity index (χ1v) is 15.0. The van der Waals surface area contributed by atoms with E-state index in [0.29, 0.717) is 11.3 Å². The van der Waals surface area contributed by atoms with Crippen molar-refractivity contribution < 1.29 is 33.5 Å². The molecule has 0 radical (unpaired) electrons. The lowest BCUT2D eigenvalue weighted by Gasteiger charge is -2.49. The lowest BCUT2D eigenvalue weighted by atomic mass is 9.98. The van der Waals surface area contributed by atoms with Crippen LogP contribution in [0.5, 0.6) is 0 Å². The van der Waals surface area contributed by atoms with Crippen LogP contribution in [0.25, 0.3) is 6.08 Å². The Labute approximate surface area is 247 Å². The van der Waals surface area contributed by atoms with E-state index in [4.69, 9.17) is 20.0 Å². The number of nitrogens with two attached hydrogens (primary N) is 1. The largest absolute Gasteiger partial charge is 0.427 e. The summed E-state index contributed by atoms with van der Waals surface area (Å²) < 4.78 is 10.3. The second-order valence-corrected chi connectivity index (χ2v) is 12.7. The van der Waals surface area contributed by atoms with Gasteiger partial charge in [0.25, 0.3) is 11.8 Å². The molecule has 4 rings (SSSR count). The molecule has 16 heteroatoms. The Morgan fingerprint density at radius 3 is 2.61 bits per heavy atom. The molecular weight excluding hydrogens is 593 g/mol. The summed E-state index contributed by atoms with van der Waals surface area (Å²) in [5.41, 5.74) is 8.03. The van der Waals surface area contributed by atoms with Gasteiger partial charge in [-0.2, -0.15) is 0 Å². The second kappa shape index (κ2) is 12.4. The van der Waals surface area contributed by atoms with Gasteiger partial charge in [-0.05, 0) is 39.3 Å². The van der Waals surface area contributed by atoms with Gasteiger partial charge in [0.2, 0.25) is 6.79 Å². The van der Waals surface area contributed by atoms with Gasteiger partial charge in [0.15, 0.2) is 10.8 Å². The van der Waals surface area contributed by atoms with Gasteiger partial charge >= 0.3 is 11.9 Å². The molecule has 2 atom stereocenters. The van der Waals surface area contributed by atoms with E-state index in [0.717, 1.165) is 21.9 Å². The Balaban J connectivity index is 1.55. The van der Waals surface area contributed by atoms with Crippen molar-refractivity contribution in [1.82, 2.24) is 20.2 Å². The summed E-state index contributed by atoms with van der Waals surface area (Å²) in [4.78, 5) is 67.0. The van der Waals surface area contributed by atoms with Gasteiger partial charge in [0.05, 0.1) is 16.6 Å². The number of aromatic nitrogens is 2. The number of nitrogens with zero attached hydrogens (tertiary/aromatic N) is 4. The monoisotopic (exact) mass is 620 g/mol. The number of oxime groups is 1. The van der Waals surface area contributed by atoms with Crippen molar-refractivity contribution >= 4 is 75.1 Å². The number of amides is 2. The maximum Gasteiger partial charge on any atom is 0.358 e. The number of carbonyl (C=O) groups is 4. The molecule has 0 aromatic carbocycles. The molecule has 2 aliphatic rings. The zero-order valence-electron chi connectivity index (χ0n) is 22.8. The van der Waals surface area contributed by atoms with Crippen LogP contribution in [0.4, 0.5) is 5.13 Å². The molecule has 41 heavy (non-hydrogen) atoms. The lowest BCUT2D eigenvalue weighted by Crippen LogP contribution is -2.71. The summed E-state index contributed by atoms with van der Waals surface area (Å²) in [6, 6.07) is -0.957. The molecule has 2 aliphatic heterocycles. The predicted octanol–water partition coefficient (Wildman–Crippen LogP) is 2.30. The smallest absolute Gasteiger partial charge is 0.358 e. The highest BCUT2D eigenvalue weighted by molar-refractivity contribution is 8.00. The van der Waals surface area contributed by atoms with Crippen LogP contribution in [0.15, 0.2) is 33.4 Å². The van der Waals surface area contributed by atoms with Crippen LogP contribution in [-0.4, -0.2) is 75.4 Å². The fourth-order valence-corrected chi connectivity index (χ4v) is 6.29. The van der Waals surface area contributed by atoms with Crippen molar-refractivity contribution in [3.05, 3.63) is 44.5 Å². The molecule has 1 unspecified atom stereocenters. The number of allylic oxidation sites excluding steroid dienone is 1. The van der Waals surface area contributed by atoms with Crippen LogP contribution in [0.3, 0.4) is 0 Å². The van der Waals surface area contributed by atoms with E-state index in [-0.39, 0.29) is 22.2 Å². The van der Waals surface area contributed by atoms with Crippen molar-refractivity contribution in [2.75, 3.05) is 25.4 Å². The zero-order chi connectivity index (χ0) is 29.9. The summed E-state index contributed by atoms with van der Waals surface area (Å²) in [6.07, 6.45) is 3.55. The first-order chi connectivity index (χ1) is 19.4. The lowest BCUT2D eigenvalue weighted by molar-refractivity contribution is -0.173. The number of aryl methyl sites for hydroxylation is 1. The Hall–Kier alpha value is -3.76. The standard InChI is InChI=1S/C25H28N6O7S3/c1-12-15(41-10-27-12)7-6-13-8-39-21-17(29-19(32)16(30-36-5)14-9-40-24(26)28-14)20(33)31(21)18(13)22(34)37-11-38-23(35)25(2,3)4/h6-7,9-10,17,21H,8,11H2,1-5H3,(H2,26,28)(H,29,32)/b7-6+,30-16+/t17?,21-/m1/s1. The molecule has 13 nitrogen and oxygen atoms in total. The molecule has 0 saturated carbocycles. The molecule has 2 aromatic rings. The topological polar surface area (TPSA) is 175 Å². The number of hydrogen-bond acceptors (Lipinski definition) is 14. The van der Waals surface area contributed by atoms with Gasteiger partial charge in [-0.25, -0.2) is 14.8 Å². The third-order valence-electron chi connectivity index (χ3n) is 5.85. The van der Waals surface area contributed by atoms with Gasteiger partial charge in [-0.1, -0.05) is 11.2 Å². The van der Waals surface area contributed by atoms with Gasteiger partial charge < -0.3 is 25.4 Å². The maximum atomic E-state index is 13.3. The van der Waals surface area contributed by atoms with E-state index in [1.54, 1.807) is 37.7 Å². The minimum atomic E-state index is -0.957. The van der Waals surface area contributed by atoms with E-state index < -0.39 is 47.4 Å². The average molecular weight is 621 g/mol. The van der Waals surface area contributed by atoms with E-state index in [1.807, 2.05) is 13.0 Å². The molecule has 1 fully saturated rings. The van der Waals surface area contributed by atoms with Crippen molar-refractivity contribution in [3.63, 3.8) is 0 Å². The fourth-order valence-electron chi connectivity index (χ4n) is 3.73. The number of nitrogens with one attached hydrogen (secondary N) is 1. The molecule has 0 spiro atoms. The number of thiazole rings is 2. The van der Waals surface area contributed by atoms with Gasteiger partial charge in [0, 0.05) is 16.0 Å². The fraction of sp³-hybridized carbons (Fsp3) is 0.400. The molecule has 3 N–H and O–H groups in total. The van der Waals surface area contributed by atoms with Crippen molar-refractivity contribution in [2.45, 2.75) is 39.1 Å². The Morgan fingerprint density at radius 2 is 2.00 bits per heavy atom. The van der Waals surface area contributed by atoms with Crippen molar-refractivity contribution in [1.29, 1.82) is 0 Å². The number of anilines is 1. The summed E-state index contributed by atoms with van der Waals surface area (Å²) in [6.45, 7) is 6.27.